The fraction of sp³-hybridized carbons (Fsp3) is 0.250. The number of ether oxygens (including phenoxy) is 1. The van der Waals surface area contributed by atoms with E-state index >= 15 is 0 Å². The fourth-order valence-electron chi connectivity index (χ4n) is 2.77. The van der Waals surface area contributed by atoms with Crippen molar-refractivity contribution in [3.8, 4) is 11.5 Å². The molecule has 4 nitrogen and oxygen atoms in total. The van der Waals surface area contributed by atoms with E-state index in [1.807, 2.05) is 43.3 Å². The number of allylic oxidation sites excluding steroid dienone is 1. The van der Waals surface area contributed by atoms with Crippen LogP contribution in [0.3, 0.4) is 0 Å². The van der Waals surface area contributed by atoms with E-state index < -0.39 is 0 Å². The van der Waals surface area contributed by atoms with Gasteiger partial charge < -0.3 is 14.7 Å². The second-order valence-electron chi connectivity index (χ2n) is 6.21. The average molecular weight is 323 g/mol. The molecule has 0 saturated heterocycles. The van der Waals surface area contributed by atoms with E-state index in [9.17, 15) is 9.90 Å². The Bertz CT molecular complexity index is 804. The molecule has 1 aliphatic rings. The summed E-state index contributed by atoms with van der Waals surface area (Å²) in [6.45, 7) is 2.60. The van der Waals surface area contributed by atoms with Crippen molar-refractivity contribution < 1.29 is 14.6 Å². The number of nitrogens with zero attached hydrogens (tertiary/aromatic N) is 1. The van der Waals surface area contributed by atoms with E-state index in [1.165, 1.54) is 5.56 Å². The zero-order valence-corrected chi connectivity index (χ0v) is 14.2. The Hall–Kier alpha value is -2.59. The van der Waals surface area contributed by atoms with Gasteiger partial charge in [0, 0.05) is 6.54 Å². The van der Waals surface area contributed by atoms with Gasteiger partial charge >= 0.3 is 0 Å². The standard InChI is InChI=1S/C20H21NO3/c1-4-13-5-7-14(8-6-13)11-18-19(23)15-9-10-17(22)16(12-21(2)3)20(15)24-18/h5-11,22H,4,12H2,1-3H3. The van der Waals surface area contributed by atoms with E-state index in [1.54, 1.807) is 18.2 Å². The molecular formula is C20H21NO3. The molecule has 0 radical (unpaired) electrons. The smallest absolute Gasteiger partial charge is 0.231 e. The van der Waals surface area contributed by atoms with Crippen LogP contribution in [-0.4, -0.2) is 29.9 Å². The predicted molar refractivity (Wildman–Crippen MR) is 94.3 cm³/mol. The lowest BCUT2D eigenvalue weighted by Gasteiger charge is -2.13. The lowest BCUT2D eigenvalue weighted by Crippen LogP contribution is -2.11. The molecule has 0 saturated carbocycles. The number of carbonyl (C=O) groups is 1. The van der Waals surface area contributed by atoms with Crippen molar-refractivity contribution in [3.63, 3.8) is 0 Å². The van der Waals surface area contributed by atoms with Gasteiger partial charge in [0.2, 0.25) is 5.78 Å². The number of benzene rings is 2. The number of Topliss-reactive ketones (excluding diaryl/α,β-unsaturated/α-hetero) is 1. The fourth-order valence-corrected chi connectivity index (χ4v) is 2.77. The Kier molecular flexibility index (Phi) is 4.40. The summed E-state index contributed by atoms with van der Waals surface area (Å²) in [5, 5.41) is 10.1. The summed E-state index contributed by atoms with van der Waals surface area (Å²) in [5.41, 5.74) is 3.30. The van der Waals surface area contributed by atoms with Crippen LogP contribution in [0.1, 0.15) is 34.0 Å². The normalized spacial score (nSPS) is 15.0. The number of aromatic hydroxyl groups is 1. The van der Waals surface area contributed by atoms with Crippen LogP contribution in [0.4, 0.5) is 0 Å². The quantitative estimate of drug-likeness (QED) is 0.873. The van der Waals surface area contributed by atoms with Gasteiger partial charge in [-0.15, -0.1) is 0 Å². The molecule has 0 aliphatic carbocycles. The summed E-state index contributed by atoms with van der Waals surface area (Å²) in [4.78, 5) is 14.5. The number of phenols is 1. The lowest BCUT2D eigenvalue weighted by molar-refractivity contribution is 0.101. The molecule has 24 heavy (non-hydrogen) atoms. The molecule has 0 unspecified atom stereocenters. The molecule has 0 spiro atoms. The summed E-state index contributed by atoms with van der Waals surface area (Å²) >= 11 is 0. The maximum Gasteiger partial charge on any atom is 0.231 e. The summed E-state index contributed by atoms with van der Waals surface area (Å²) in [5.74, 6) is 0.748. The second-order valence-corrected chi connectivity index (χ2v) is 6.21. The van der Waals surface area contributed by atoms with Crippen LogP contribution in [-0.2, 0) is 13.0 Å². The lowest BCUT2D eigenvalue weighted by atomic mass is 10.0. The van der Waals surface area contributed by atoms with Crippen molar-refractivity contribution in [1.29, 1.82) is 0 Å². The van der Waals surface area contributed by atoms with Crippen LogP contribution in [0, 0.1) is 0 Å². The van der Waals surface area contributed by atoms with Gasteiger partial charge in [0.1, 0.15) is 11.5 Å². The zero-order valence-electron chi connectivity index (χ0n) is 14.2. The first-order valence-electron chi connectivity index (χ1n) is 8.02. The summed E-state index contributed by atoms with van der Waals surface area (Å²) in [6.07, 6.45) is 2.73. The first-order valence-corrected chi connectivity index (χ1v) is 8.02. The van der Waals surface area contributed by atoms with Gasteiger partial charge in [0.15, 0.2) is 5.76 Å². The molecule has 1 aliphatic heterocycles. The van der Waals surface area contributed by atoms with Crippen molar-refractivity contribution in [3.05, 3.63) is 64.4 Å². The number of ketones is 1. The SMILES string of the molecule is CCc1ccc(C=C2Oc3c(ccc(O)c3CN(C)C)C2=O)cc1. The van der Waals surface area contributed by atoms with Gasteiger partial charge in [-0.3, -0.25) is 4.79 Å². The Morgan fingerprint density at radius 3 is 2.46 bits per heavy atom. The molecule has 2 aromatic carbocycles. The van der Waals surface area contributed by atoms with Gasteiger partial charge in [-0.25, -0.2) is 0 Å². The minimum absolute atomic E-state index is 0.142. The highest BCUT2D eigenvalue weighted by molar-refractivity contribution is 6.15. The molecule has 0 atom stereocenters. The predicted octanol–water partition coefficient (Wildman–Crippen LogP) is 3.63. The van der Waals surface area contributed by atoms with E-state index in [4.69, 9.17) is 4.74 Å². The van der Waals surface area contributed by atoms with Crippen molar-refractivity contribution in [1.82, 2.24) is 4.90 Å². The Labute approximate surface area is 142 Å². The van der Waals surface area contributed by atoms with Crippen molar-refractivity contribution in [2.24, 2.45) is 0 Å². The maximum absolute atomic E-state index is 12.6. The number of phenolic OH excluding ortho intramolecular Hbond substituents is 1. The molecule has 0 aromatic heterocycles. The molecule has 0 fully saturated rings. The third-order valence-corrected chi connectivity index (χ3v) is 4.08. The monoisotopic (exact) mass is 323 g/mol. The third kappa shape index (κ3) is 3.05. The Balaban J connectivity index is 1.96. The zero-order chi connectivity index (χ0) is 17.3. The molecule has 0 amide bonds. The maximum atomic E-state index is 12.6. The average Bonchev–Trinajstić information content (AvgIpc) is 2.87. The van der Waals surface area contributed by atoms with Crippen LogP contribution in [0.2, 0.25) is 0 Å². The minimum Gasteiger partial charge on any atom is -0.507 e. The first kappa shape index (κ1) is 16.3. The summed E-state index contributed by atoms with van der Waals surface area (Å²) in [6, 6.07) is 11.2. The Morgan fingerprint density at radius 1 is 1.12 bits per heavy atom. The topological polar surface area (TPSA) is 49.8 Å². The van der Waals surface area contributed by atoms with E-state index in [2.05, 4.69) is 6.92 Å². The van der Waals surface area contributed by atoms with Crippen LogP contribution in [0.5, 0.6) is 11.5 Å². The number of aryl methyl sites for hydroxylation is 1. The van der Waals surface area contributed by atoms with Gasteiger partial charge in [-0.2, -0.15) is 0 Å². The molecule has 1 heterocycles. The van der Waals surface area contributed by atoms with E-state index in [0.29, 0.717) is 29.2 Å². The highest BCUT2D eigenvalue weighted by Crippen LogP contribution is 2.39. The van der Waals surface area contributed by atoms with Crippen molar-refractivity contribution in [2.45, 2.75) is 19.9 Å². The highest BCUT2D eigenvalue weighted by Gasteiger charge is 2.31. The second kappa shape index (κ2) is 6.49. The molecule has 3 rings (SSSR count). The minimum atomic E-state index is -0.149. The molecule has 0 bridgehead atoms. The molecule has 1 N–H and O–H groups in total. The number of carbonyl (C=O) groups excluding carboxylic acids is 1. The van der Waals surface area contributed by atoms with Gasteiger partial charge in [-0.1, -0.05) is 31.2 Å². The largest absolute Gasteiger partial charge is 0.507 e. The van der Waals surface area contributed by atoms with E-state index in [-0.39, 0.29) is 11.5 Å². The number of fused-ring (bicyclic) bond motifs is 1. The van der Waals surface area contributed by atoms with Crippen LogP contribution < -0.4 is 4.74 Å². The van der Waals surface area contributed by atoms with Crippen molar-refractivity contribution >= 4 is 11.9 Å². The molecule has 2 aromatic rings. The van der Waals surface area contributed by atoms with Gasteiger partial charge in [-0.05, 0) is 49.9 Å². The van der Waals surface area contributed by atoms with Crippen LogP contribution >= 0.6 is 0 Å². The van der Waals surface area contributed by atoms with Crippen molar-refractivity contribution in [2.75, 3.05) is 14.1 Å². The molecular weight excluding hydrogens is 302 g/mol. The molecule has 124 valence electrons. The summed E-state index contributed by atoms with van der Waals surface area (Å²) < 4.78 is 5.82. The van der Waals surface area contributed by atoms with Crippen LogP contribution in [0.15, 0.2) is 42.2 Å². The number of hydrogen-bond donors (Lipinski definition) is 1. The number of rotatable bonds is 4. The highest BCUT2D eigenvalue weighted by atomic mass is 16.5. The third-order valence-electron chi connectivity index (χ3n) is 4.08. The van der Waals surface area contributed by atoms with Gasteiger partial charge in [0.25, 0.3) is 0 Å². The van der Waals surface area contributed by atoms with E-state index in [0.717, 1.165) is 12.0 Å². The molecule has 4 heteroatoms. The first-order chi connectivity index (χ1) is 11.5. The number of hydrogen-bond acceptors (Lipinski definition) is 4. The Morgan fingerprint density at radius 2 is 1.83 bits per heavy atom. The van der Waals surface area contributed by atoms with Crippen LogP contribution in [0.25, 0.3) is 6.08 Å². The van der Waals surface area contributed by atoms with Gasteiger partial charge in [0.05, 0.1) is 11.1 Å². The summed E-state index contributed by atoms with van der Waals surface area (Å²) in [7, 11) is 3.81.